The van der Waals surface area contributed by atoms with Gasteiger partial charge in [0.05, 0.1) is 0 Å². The molecule has 0 aliphatic carbocycles. The molecule has 0 spiro atoms. The molecule has 0 saturated carbocycles. The van der Waals surface area contributed by atoms with Crippen LogP contribution >= 0.6 is 23.8 Å². The predicted octanol–water partition coefficient (Wildman–Crippen LogP) is 4.93. The Morgan fingerprint density at radius 1 is 1.12 bits per heavy atom. The Labute approximate surface area is 155 Å². The first-order valence-corrected chi connectivity index (χ1v) is 8.77. The van der Waals surface area contributed by atoms with Crippen LogP contribution in [0.2, 0.25) is 5.02 Å². The third-order valence-corrected chi connectivity index (χ3v) is 4.69. The number of nitrogens with zero attached hydrogens (tertiary/aromatic N) is 2. The van der Waals surface area contributed by atoms with Gasteiger partial charge in [0.15, 0.2) is 5.11 Å². The van der Waals surface area contributed by atoms with Gasteiger partial charge in [0, 0.05) is 43.6 Å². The maximum Gasteiger partial charge on any atom is 0.173 e. The SMILES string of the molecule is CCN(Cc1ccc(N(C)C)cc1)C(=S)Nc1ccc(C)c(Cl)c1. The van der Waals surface area contributed by atoms with Gasteiger partial charge in [-0.15, -0.1) is 0 Å². The Hall–Kier alpha value is -1.78. The Bertz CT molecular complexity index is 698. The highest BCUT2D eigenvalue weighted by Crippen LogP contribution is 2.21. The van der Waals surface area contributed by atoms with Gasteiger partial charge in [0.2, 0.25) is 0 Å². The maximum atomic E-state index is 6.18. The Kier molecular flexibility index (Phi) is 6.46. The molecule has 0 radical (unpaired) electrons. The van der Waals surface area contributed by atoms with Gasteiger partial charge in [-0.2, -0.15) is 0 Å². The Morgan fingerprint density at radius 3 is 2.33 bits per heavy atom. The predicted molar refractivity (Wildman–Crippen MR) is 109 cm³/mol. The fourth-order valence-electron chi connectivity index (χ4n) is 2.32. The van der Waals surface area contributed by atoms with Gasteiger partial charge < -0.3 is 15.1 Å². The van der Waals surface area contributed by atoms with E-state index in [-0.39, 0.29) is 0 Å². The van der Waals surface area contributed by atoms with Gasteiger partial charge in [-0.05, 0) is 61.5 Å². The molecule has 2 aromatic carbocycles. The molecule has 0 atom stereocenters. The van der Waals surface area contributed by atoms with Crippen molar-refractivity contribution in [3.05, 3.63) is 58.6 Å². The molecule has 128 valence electrons. The summed E-state index contributed by atoms with van der Waals surface area (Å²) in [4.78, 5) is 4.22. The van der Waals surface area contributed by atoms with E-state index >= 15 is 0 Å². The van der Waals surface area contributed by atoms with Gasteiger partial charge in [-0.1, -0.05) is 29.8 Å². The van der Waals surface area contributed by atoms with Crippen molar-refractivity contribution >= 4 is 40.3 Å². The Balaban J connectivity index is 2.04. The van der Waals surface area contributed by atoms with E-state index in [1.807, 2.05) is 39.2 Å². The molecule has 5 heteroatoms. The van der Waals surface area contributed by atoms with Crippen LogP contribution in [0.4, 0.5) is 11.4 Å². The minimum atomic E-state index is 0.703. The van der Waals surface area contributed by atoms with Crippen molar-refractivity contribution in [2.75, 3.05) is 30.9 Å². The molecule has 0 unspecified atom stereocenters. The third-order valence-electron chi connectivity index (χ3n) is 3.92. The molecule has 24 heavy (non-hydrogen) atoms. The summed E-state index contributed by atoms with van der Waals surface area (Å²) in [5.74, 6) is 0. The summed E-state index contributed by atoms with van der Waals surface area (Å²) >= 11 is 11.7. The molecule has 0 bridgehead atoms. The van der Waals surface area contributed by atoms with Crippen molar-refractivity contribution < 1.29 is 0 Å². The fourth-order valence-corrected chi connectivity index (χ4v) is 2.81. The fraction of sp³-hybridized carbons (Fsp3) is 0.316. The number of rotatable bonds is 5. The number of nitrogens with one attached hydrogen (secondary N) is 1. The molecular formula is C19H24ClN3S. The zero-order valence-electron chi connectivity index (χ0n) is 14.6. The lowest BCUT2D eigenvalue weighted by molar-refractivity contribution is 0.442. The standard InChI is InChI=1S/C19H24ClN3S/c1-5-23(13-15-7-10-17(11-8-15)22(3)4)19(24)21-16-9-6-14(2)18(20)12-16/h6-12H,5,13H2,1-4H3,(H,21,24). The summed E-state index contributed by atoms with van der Waals surface area (Å²) < 4.78 is 0. The topological polar surface area (TPSA) is 18.5 Å². The zero-order valence-corrected chi connectivity index (χ0v) is 16.2. The monoisotopic (exact) mass is 361 g/mol. The van der Waals surface area contributed by atoms with Crippen LogP contribution in [0.3, 0.4) is 0 Å². The van der Waals surface area contributed by atoms with E-state index in [0.717, 1.165) is 29.4 Å². The zero-order chi connectivity index (χ0) is 17.7. The van der Waals surface area contributed by atoms with Crippen LogP contribution < -0.4 is 10.2 Å². The van der Waals surface area contributed by atoms with Gasteiger partial charge in [-0.3, -0.25) is 0 Å². The summed E-state index contributed by atoms with van der Waals surface area (Å²) in [6.07, 6.45) is 0. The van der Waals surface area contributed by atoms with Crippen LogP contribution in [0, 0.1) is 6.92 Å². The van der Waals surface area contributed by atoms with Crippen molar-refractivity contribution in [3.63, 3.8) is 0 Å². The molecule has 2 aromatic rings. The van der Waals surface area contributed by atoms with Crippen LogP contribution in [0.1, 0.15) is 18.1 Å². The van der Waals surface area contributed by atoms with E-state index in [1.54, 1.807) is 0 Å². The van der Waals surface area contributed by atoms with E-state index in [1.165, 1.54) is 11.3 Å². The van der Waals surface area contributed by atoms with Gasteiger partial charge >= 0.3 is 0 Å². The molecule has 2 rings (SSSR count). The van der Waals surface area contributed by atoms with Crippen molar-refractivity contribution in [2.24, 2.45) is 0 Å². The summed E-state index contributed by atoms with van der Waals surface area (Å²) in [5, 5.41) is 4.72. The lowest BCUT2D eigenvalue weighted by Gasteiger charge is -2.25. The maximum absolute atomic E-state index is 6.18. The van der Waals surface area contributed by atoms with Crippen LogP contribution in [-0.2, 0) is 6.54 Å². The van der Waals surface area contributed by atoms with Gasteiger partial charge in [0.25, 0.3) is 0 Å². The Morgan fingerprint density at radius 2 is 1.79 bits per heavy atom. The molecular weight excluding hydrogens is 338 g/mol. The first-order valence-electron chi connectivity index (χ1n) is 7.99. The average Bonchev–Trinajstić information content (AvgIpc) is 2.56. The number of benzene rings is 2. The first kappa shape index (κ1) is 18.6. The average molecular weight is 362 g/mol. The van der Waals surface area contributed by atoms with Crippen molar-refractivity contribution in [3.8, 4) is 0 Å². The number of aryl methyl sites for hydroxylation is 1. The second kappa shape index (κ2) is 8.36. The number of halogens is 1. The van der Waals surface area contributed by atoms with Crippen LogP contribution in [0.5, 0.6) is 0 Å². The lowest BCUT2D eigenvalue weighted by Crippen LogP contribution is -2.34. The van der Waals surface area contributed by atoms with E-state index < -0.39 is 0 Å². The van der Waals surface area contributed by atoms with Crippen LogP contribution in [0.25, 0.3) is 0 Å². The summed E-state index contributed by atoms with van der Waals surface area (Å²) in [6.45, 7) is 5.70. The minimum absolute atomic E-state index is 0.703. The molecule has 0 aliphatic rings. The van der Waals surface area contributed by atoms with Crippen molar-refractivity contribution in [1.29, 1.82) is 0 Å². The molecule has 0 aliphatic heterocycles. The van der Waals surface area contributed by atoms with Crippen molar-refractivity contribution in [2.45, 2.75) is 20.4 Å². The largest absolute Gasteiger partial charge is 0.378 e. The molecule has 0 amide bonds. The van der Waals surface area contributed by atoms with E-state index in [0.29, 0.717) is 5.11 Å². The van der Waals surface area contributed by atoms with E-state index in [9.17, 15) is 0 Å². The van der Waals surface area contributed by atoms with Gasteiger partial charge in [-0.25, -0.2) is 0 Å². The third kappa shape index (κ3) is 4.86. The number of anilines is 2. The second-order valence-corrected chi connectivity index (χ2v) is 6.76. The van der Waals surface area contributed by atoms with E-state index in [2.05, 4.69) is 46.3 Å². The highest BCUT2D eigenvalue weighted by atomic mass is 35.5. The lowest BCUT2D eigenvalue weighted by atomic mass is 10.2. The molecule has 0 saturated heterocycles. The number of hydrogen-bond donors (Lipinski definition) is 1. The minimum Gasteiger partial charge on any atom is -0.378 e. The van der Waals surface area contributed by atoms with Crippen molar-refractivity contribution in [1.82, 2.24) is 4.90 Å². The van der Waals surface area contributed by atoms with Gasteiger partial charge in [0.1, 0.15) is 0 Å². The quantitative estimate of drug-likeness (QED) is 0.760. The normalized spacial score (nSPS) is 10.4. The molecule has 3 nitrogen and oxygen atoms in total. The second-order valence-electron chi connectivity index (χ2n) is 5.97. The number of thiocarbonyl (C=S) groups is 1. The summed E-state index contributed by atoms with van der Waals surface area (Å²) in [6, 6.07) is 14.4. The highest BCUT2D eigenvalue weighted by molar-refractivity contribution is 7.80. The number of hydrogen-bond acceptors (Lipinski definition) is 2. The summed E-state index contributed by atoms with van der Waals surface area (Å²) in [7, 11) is 4.08. The summed E-state index contributed by atoms with van der Waals surface area (Å²) in [5.41, 5.74) is 4.39. The first-order chi connectivity index (χ1) is 11.4. The van der Waals surface area contributed by atoms with Crippen LogP contribution in [-0.4, -0.2) is 30.7 Å². The molecule has 0 aromatic heterocycles. The molecule has 1 N–H and O–H groups in total. The highest BCUT2D eigenvalue weighted by Gasteiger charge is 2.09. The van der Waals surface area contributed by atoms with E-state index in [4.69, 9.17) is 23.8 Å². The molecule has 0 fully saturated rings. The smallest absolute Gasteiger partial charge is 0.173 e. The van der Waals surface area contributed by atoms with Crippen LogP contribution in [0.15, 0.2) is 42.5 Å². The molecule has 0 heterocycles.